The molecule has 0 bridgehead atoms. The molecule has 1 nitrogen and oxygen atoms in total. The van der Waals surface area contributed by atoms with Crippen molar-refractivity contribution in [3.8, 4) is 0 Å². The summed E-state index contributed by atoms with van der Waals surface area (Å²) in [5.74, 6) is 4.55. The van der Waals surface area contributed by atoms with Crippen molar-refractivity contribution in [2.45, 2.75) is 25.8 Å². The van der Waals surface area contributed by atoms with Crippen molar-refractivity contribution >= 4 is 27.7 Å². The van der Waals surface area contributed by atoms with Crippen LogP contribution in [0.4, 0.5) is 0 Å². The molecule has 3 atom stereocenters. The lowest BCUT2D eigenvalue weighted by Crippen LogP contribution is -2.46. The Balaban J connectivity index is 1.90. The topological polar surface area (TPSA) is 3.24 Å². The maximum Gasteiger partial charge on any atom is 0.0194 e. The van der Waals surface area contributed by atoms with E-state index >= 15 is 0 Å². The van der Waals surface area contributed by atoms with Crippen molar-refractivity contribution in [3.63, 3.8) is 0 Å². The number of rotatable bonds is 2. The third kappa shape index (κ3) is 2.67. The lowest BCUT2D eigenvalue weighted by molar-refractivity contribution is 0.108. The molecule has 2 saturated heterocycles. The van der Waals surface area contributed by atoms with Crippen molar-refractivity contribution in [2.75, 3.05) is 29.9 Å². The predicted molar refractivity (Wildman–Crippen MR) is 68.4 cm³/mol. The average Bonchev–Trinajstić information content (AvgIpc) is 2.69. The highest BCUT2D eigenvalue weighted by molar-refractivity contribution is 9.09. The lowest BCUT2D eigenvalue weighted by atomic mass is 9.91. The largest absolute Gasteiger partial charge is 0.299 e. The minimum Gasteiger partial charge on any atom is -0.299 e. The molecule has 3 unspecified atom stereocenters. The quantitative estimate of drug-likeness (QED) is 0.715. The van der Waals surface area contributed by atoms with Gasteiger partial charge in [0.05, 0.1) is 0 Å². The molecule has 2 heterocycles. The molecule has 2 aliphatic heterocycles. The van der Waals surface area contributed by atoms with Crippen LogP contribution in [0.2, 0.25) is 0 Å². The van der Waals surface area contributed by atoms with Gasteiger partial charge >= 0.3 is 0 Å². The molecular formula is C11H20BrNS. The molecule has 2 rings (SSSR count). The maximum atomic E-state index is 3.64. The first-order chi connectivity index (χ1) is 6.79. The smallest absolute Gasteiger partial charge is 0.0194 e. The summed E-state index contributed by atoms with van der Waals surface area (Å²) in [6, 6.07) is 0.893. The fourth-order valence-electron chi connectivity index (χ4n) is 2.74. The number of halogens is 1. The van der Waals surface area contributed by atoms with E-state index in [0.29, 0.717) is 0 Å². The summed E-state index contributed by atoms with van der Waals surface area (Å²) in [7, 11) is 0. The third-order valence-electron chi connectivity index (χ3n) is 3.41. The van der Waals surface area contributed by atoms with Crippen LogP contribution in [0, 0.1) is 11.8 Å². The van der Waals surface area contributed by atoms with E-state index in [1.165, 1.54) is 42.8 Å². The van der Waals surface area contributed by atoms with Crippen molar-refractivity contribution in [2.24, 2.45) is 11.8 Å². The van der Waals surface area contributed by atoms with Crippen LogP contribution in [-0.2, 0) is 0 Å². The Morgan fingerprint density at radius 1 is 1.43 bits per heavy atom. The minimum absolute atomic E-state index is 0.893. The molecule has 0 N–H and O–H groups in total. The van der Waals surface area contributed by atoms with E-state index < -0.39 is 0 Å². The number of hydrogen-bond donors (Lipinski definition) is 0. The molecule has 0 amide bonds. The number of thioether (sulfide) groups is 1. The van der Waals surface area contributed by atoms with E-state index in [1.807, 2.05) is 0 Å². The summed E-state index contributed by atoms with van der Waals surface area (Å²) in [6.45, 7) is 5.08. The fourth-order valence-corrected chi connectivity index (χ4v) is 4.47. The van der Waals surface area contributed by atoms with Crippen molar-refractivity contribution in [1.82, 2.24) is 4.90 Å². The zero-order chi connectivity index (χ0) is 9.97. The molecule has 3 heteroatoms. The summed E-state index contributed by atoms with van der Waals surface area (Å²) in [5.41, 5.74) is 0. The second-order valence-electron chi connectivity index (χ2n) is 4.83. The zero-order valence-corrected chi connectivity index (χ0v) is 11.3. The Hall–Kier alpha value is 0.790. The van der Waals surface area contributed by atoms with E-state index in [0.717, 1.165) is 17.9 Å². The van der Waals surface area contributed by atoms with Crippen LogP contribution in [0.5, 0.6) is 0 Å². The van der Waals surface area contributed by atoms with Crippen LogP contribution >= 0.6 is 27.7 Å². The van der Waals surface area contributed by atoms with E-state index in [-0.39, 0.29) is 0 Å². The molecule has 0 saturated carbocycles. The van der Waals surface area contributed by atoms with E-state index in [2.05, 4.69) is 39.5 Å². The van der Waals surface area contributed by atoms with E-state index in [9.17, 15) is 0 Å². The standard InChI is InChI=1S/C11H20BrNS/c1-9-4-10(5-12)7-13(6-9)11-2-3-14-8-11/h9-11H,2-8H2,1H3. The second kappa shape index (κ2) is 5.22. The number of piperidine rings is 1. The third-order valence-corrected chi connectivity index (χ3v) is 5.48. The number of likely N-dealkylation sites (tertiary alicyclic amines) is 1. The van der Waals surface area contributed by atoms with Crippen LogP contribution in [0.3, 0.4) is 0 Å². The van der Waals surface area contributed by atoms with Gasteiger partial charge in [0.2, 0.25) is 0 Å². The van der Waals surface area contributed by atoms with Gasteiger partial charge in [-0.15, -0.1) is 0 Å². The summed E-state index contributed by atoms with van der Waals surface area (Å²) in [6.07, 6.45) is 2.84. The number of alkyl halides is 1. The first kappa shape index (κ1) is 11.3. The number of nitrogens with zero attached hydrogens (tertiary/aromatic N) is 1. The van der Waals surface area contributed by atoms with Gasteiger partial charge in [-0.1, -0.05) is 22.9 Å². The first-order valence-corrected chi connectivity index (χ1v) is 7.95. The molecule has 0 aromatic rings. The van der Waals surface area contributed by atoms with Crippen LogP contribution < -0.4 is 0 Å². The average molecular weight is 278 g/mol. The number of hydrogen-bond acceptors (Lipinski definition) is 2. The highest BCUT2D eigenvalue weighted by atomic mass is 79.9. The molecule has 14 heavy (non-hydrogen) atoms. The molecule has 82 valence electrons. The van der Waals surface area contributed by atoms with Gasteiger partial charge in [-0.25, -0.2) is 0 Å². The SMILES string of the molecule is CC1CC(CBr)CN(C2CCSC2)C1. The molecule has 2 fully saturated rings. The van der Waals surface area contributed by atoms with E-state index in [4.69, 9.17) is 0 Å². The van der Waals surface area contributed by atoms with Gasteiger partial charge in [0.1, 0.15) is 0 Å². The fraction of sp³-hybridized carbons (Fsp3) is 1.00. The Morgan fingerprint density at radius 3 is 2.93 bits per heavy atom. The highest BCUT2D eigenvalue weighted by Crippen LogP contribution is 2.29. The van der Waals surface area contributed by atoms with Gasteiger partial charge < -0.3 is 0 Å². The first-order valence-electron chi connectivity index (χ1n) is 5.67. The van der Waals surface area contributed by atoms with Crippen molar-refractivity contribution in [1.29, 1.82) is 0 Å². The molecular weight excluding hydrogens is 258 g/mol. The van der Waals surface area contributed by atoms with Gasteiger partial charge in [0, 0.05) is 30.2 Å². The van der Waals surface area contributed by atoms with Gasteiger partial charge in [-0.3, -0.25) is 4.90 Å². The summed E-state index contributed by atoms with van der Waals surface area (Å²) < 4.78 is 0. The van der Waals surface area contributed by atoms with Crippen LogP contribution in [0.1, 0.15) is 19.8 Å². The van der Waals surface area contributed by atoms with Crippen molar-refractivity contribution < 1.29 is 0 Å². The Kier molecular flexibility index (Phi) is 4.21. The van der Waals surface area contributed by atoms with Gasteiger partial charge in [0.25, 0.3) is 0 Å². The van der Waals surface area contributed by atoms with Crippen LogP contribution in [0.15, 0.2) is 0 Å². The minimum atomic E-state index is 0.893. The zero-order valence-electron chi connectivity index (χ0n) is 8.92. The van der Waals surface area contributed by atoms with Crippen LogP contribution in [0.25, 0.3) is 0 Å². The normalized spacial score (nSPS) is 40.3. The van der Waals surface area contributed by atoms with Gasteiger partial charge in [-0.05, 0) is 30.4 Å². The Morgan fingerprint density at radius 2 is 2.29 bits per heavy atom. The summed E-state index contributed by atoms with van der Waals surface area (Å²) in [4.78, 5) is 2.75. The lowest BCUT2D eigenvalue weighted by Gasteiger charge is -2.39. The molecule has 0 aromatic carbocycles. The Labute approximate surface area is 100 Å². The molecule has 2 aliphatic rings. The Bertz CT molecular complexity index is 182. The monoisotopic (exact) mass is 277 g/mol. The summed E-state index contributed by atoms with van der Waals surface area (Å²) in [5, 5.41) is 1.19. The maximum absolute atomic E-state index is 3.64. The summed E-state index contributed by atoms with van der Waals surface area (Å²) >= 11 is 5.78. The van der Waals surface area contributed by atoms with Gasteiger partial charge in [0.15, 0.2) is 0 Å². The second-order valence-corrected chi connectivity index (χ2v) is 6.63. The van der Waals surface area contributed by atoms with E-state index in [1.54, 1.807) is 0 Å². The molecule has 0 aliphatic carbocycles. The predicted octanol–water partition coefficient (Wildman–Crippen LogP) is 2.84. The molecule has 0 radical (unpaired) electrons. The van der Waals surface area contributed by atoms with Crippen molar-refractivity contribution in [3.05, 3.63) is 0 Å². The highest BCUT2D eigenvalue weighted by Gasteiger charge is 2.30. The molecule has 0 spiro atoms. The van der Waals surface area contributed by atoms with Crippen LogP contribution in [-0.4, -0.2) is 40.9 Å². The van der Waals surface area contributed by atoms with Gasteiger partial charge in [-0.2, -0.15) is 11.8 Å². The molecule has 0 aromatic heterocycles.